The van der Waals surface area contributed by atoms with Crippen molar-refractivity contribution in [2.45, 2.75) is 24.5 Å². The number of hydrogen-bond acceptors (Lipinski definition) is 7. The van der Waals surface area contributed by atoms with Crippen molar-refractivity contribution < 1.29 is 22.8 Å². The molecule has 0 saturated carbocycles. The molecule has 2 saturated heterocycles. The highest BCUT2D eigenvalue weighted by molar-refractivity contribution is 7.91. The number of ether oxygens (including phenoxy) is 1. The van der Waals surface area contributed by atoms with Gasteiger partial charge in [0.1, 0.15) is 9.97 Å². The quantitative estimate of drug-likeness (QED) is 0.847. The zero-order chi connectivity index (χ0) is 18.5. The second kappa shape index (κ2) is 6.42. The fourth-order valence-electron chi connectivity index (χ4n) is 3.99. The fourth-order valence-corrected chi connectivity index (χ4v) is 7.18. The fraction of sp³-hybridized carbons (Fsp3) is 0.588. The number of aromatic nitrogens is 1. The number of thiophene rings is 1. The minimum Gasteiger partial charge on any atom is -0.396 e. The van der Waals surface area contributed by atoms with E-state index in [1.807, 2.05) is 13.8 Å². The topological polar surface area (TPSA) is 92.9 Å². The maximum Gasteiger partial charge on any atom is 0.252 e. The molecule has 4 heterocycles. The molecule has 0 radical (unpaired) electrons. The molecule has 26 heavy (non-hydrogen) atoms. The van der Waals surface area contributed by atoms with Gasteiger partial charge in [0.25, 0.3) is 10.0 Å². The smallest absolute Gasteiger partial charge is 0.252 e. The Morgan fingerprint density at radius 2 is 2.23 bits per heavy atom. The number of aliphatic hydroxyl groups excluding tert-OH is 1. The Labute approximate surface area is 156 Å². The van der Waals surface area contributed by atoms with Gasteiger partial charge in [-0.1, -0.05) is 5.16 Å². The lowest BCUT2D eigenvalue weighted by Crippen LogP contribution is -2.41. The van der Waals surface area contributed by atoms with Gasteiger partial charge in [0.15, 0.2) is 0 Å². The molecule has 9 heteroatoms. The minimum atomic E-state index is -3.61. The van der Waals surface area contributed by atoms with Gasteiger partial charge in [-0.25, -0.2) is 8.42 Å². The summed E-state index contributed by atoms with van der Waals surface area (Å²) in [7, 11) is -3.61. The van der Waals surface area contributed by atoms with Gasteiger partial charge in [0, 0.05) is 35.9 Å². The first-order valence-electron chi connectivity index (χ1n) is 8.59. The average Bonchev–Trinajstić information content (AvgIpc) is 3.32. The van der Waals surface area contributed by atoms with Crippen molar-refractivity contribution in [2.75, 3.05) is 32.9 Å². The van der Waals surface area contributed by atoms with E-state index in [0.29, 0.717) is 42.7 Å². The highest BCUT2D eigenvalue weighted by atomic mass is 32.2. The number of hydrogen-bond donors (Lipinski definition) is 1. The number of aryl methyl sites for hydroxylation is 2. The second-order valence-electron chi connectivity index (χ2n) is 7.16. The van der Waals surface area contributed by atoms with Gasteiger partial charge in [0.05, 0.1) is 24.5 Å². The van der Waals surface area contributed by atoms with Crippen molar-refractivity contribution in [2.24, 2.45) is 11.3 Å². The largest absolute Gasteiger partial charge is 0.396 e. The van der Waals surface area contributed by atoms with Crippen LogP contribution in [0, 0.1) is 25.2 Å². The first kappa shape index (κ1) is 18.1. The highest BCUT2D eigenvalue weighted by Crippen LogP contribution is 2.44. The normalized spacial score (nSPS) is 27.0. The summed E-state index contributed by atoms with van der Waals surface area (Å²) < 4.78 is 38.8. The molecule has 2 aromatic heterocycles. The van der Waals surface area contributed by atoms with Crippen LogP contribution in [0.25, 0.3) is 10.4 Å². The molecule has 0 unspecified atom stereocenters. The van der Waals surface area contributed by atoms with Gasteiger partial charge >= 0.3 is 0 Å². The number of fused-ring (bicyclic) bond motifs is 1. The van der Waals surface area contributed by atoms with Crippen LogP contribution in [-0.2, 0) is 14.8 Å². The van der Waals surface area contributed by atoms with E-state index in [0.717, 1.165) is 16.1 Å². The Morgan fingerprint density at radius 3 is 2.88 bits per heavy atom. The van der Waals surface area contributed by atoms with E-state index in [9.17, 15) is 13.5 Å². The summed E-state index contributed by atoms with van der Waals surface area (Å²) in [4.78, 5) is 0.830. The van der Waals surface area contributed by atoms with Crippen LogP contribution in [0.3, 0.4) is 0 Å². The molecule has 1 N–H and O–H groups in total. The summed E-state index contributed by atoms with van der Waals surface area (Å²) in [5, 5.41) is 13.8. The monoisotopic (exact) mass is 398 g/mol. The van der Waals surface area contributed by atoms with Crippen LogP contribution in [-0.4, -0.2) is 55.9 Å². The van der Waals surface area contributed by atoms with Crippen LogP contribution in [0.4, 0.5) is 0 Å². The molecule has 0 aromatic carbocycles. The SMILES string of the molecule is Cc1noc(C)c1-c1ccc(S(=O)(=O)N2C[C@@H]3COCC[C@]3(CO)C2)s1. The summed E-state index contributed by atoms with van der Waals surface area (Å²) in [6.07, 6.45) is 0.689. The molecule has 142 valence electrons. The van der Waals surface area contributed by atoms with E-state index in [2.05, 4.69) is 5.16 Å². The third kappa shape index (κ3) is 2.73. The Balaban J connectivity index is 1.64. The van der Waals surface area contributed by atoms with Crippen LogP contribution >= 0.6 is 11.3 Å². The molecular weight excluding hydrogens is 376 g/mol. The average molecular weight is 399 g/mol. The van der Waals surface area contributed by atoms with E-state index in [1.165, 1.54) is 15.6 Å². The Bertz CT molecular complexity index is 900. The van der Waals surface area contributed by atoms with Gasteiger partial charge in [-0.05, 0) is 32.4 Å². The zero-order valence-corrected chi connectivity index (χ0v) is 16.4. The molecule has 2 aliphatic rings. The standard InChI is InChI=1S/C17H22N2O5S2/c1-11-16(12(2)24-18-11)14-3-4-15(25-14)26(21,22)19-7-13-8-23-6-5-17(13,9-19)10-20/h3-4,13,20H,5-10H2,1-2H3/t13-,17-/m1/s1. The van der Waals surface area contributed by atoms with Crippen LogP contribution in [0.15, 0.2) is 20.9 Å². The molecule has 0 spiro atoms. The van der Waals surface area contributed by atoms with E-state index in [-0.39, 0.29) is 17.9 Å². The molecular formula is C17H22N2O5S2. The van der Waals surface area contributed by atoms with Gasteiger partial charge in [-0.3, -0.25) is 0 Å². The third-order valence-corrected chi connectivity index (χ3v) is 9.00. The number of aliphatic hydroxyl groups is 1. The van der Waals surface area contributed by atoms with E-state index in [1.54, 1.807) is 12.1 Å². The summed E-state index contributed by atoms with van der Waals surface area (Å²) in [5.74, 6) is 0.717. The van der Waals surface area contributed by atoms with E-state index >= 15 is 0 Å². The lowest BCUT2D eigenvalue weighted by atomic mass is 9.75. The van der Waals surface area contributed by atoms with Crippen molar-refractivity contribution in [3.63, 3.8) is 0 Å². The van der Waals surface area contributed by atoms with Crippen molar-refractivity contribution in [3.8, 4) is 10.4 Å². The summed E-state index contributed by atoms with van der Waals surface area (Å²) >= 11 is 1.23. The Kier molecular flexibility index (Phi) is 4.47. The molecule has 2 aliphatic heterocycles. The molecule has 0 bridgehead atoms. The second-order valence-corrected chi connectivity index (χ2v) is 10.4. The molecule has 0 amide bonds. The third-order valence-electron chi connectivity index (χ3n) is 5.61. The van der Waals surface area contributed by atoms with Gasteiger partial charge in [0.2, 0.25) is 0 Å². The molecule has 7 nitrogen and oxygen atoms in total. The number of nitrogens with zero attached hydrogens (tertiary/aromatic N) is 2. The van der Waals surface area contributed by atoms with Gasteiger partial charge in [-0.15, -0.1) is 11.3 Å². The van der Waals surface area contributed by atoms with Crippen LogP contribution in [0.2, 0.25) is 0 Å². The highest BCUT2D eigenvalue weighted by Gasteiger charge is 2.51. The predicted octanol–water partition coefficient (Wildman–Crippen LogP) is 2.04. The number of sulfonamides is 1. The molecule has 2 atom stereocenters. The first-order valence-corrected chi connectivity index (χ1v) is 10.8. The predicted molar refractivity (Wildman–Crippen MR) is 96.5 cm³/mol. The Morgan fingerprint density at radius 1 is 1.42 bits per heavy atom. The van der Waals surface area contributed by atoms with Crippen molar-refractivity contribution in [1.29, 1.82) is 0 Å². The van der Waals surface area contributed by atoms with Gasteiger partial charge < -0.3 is 14.4 Å². The first-order chi connectivity index (χ1) is 12.4. The summed E-state index contributed by atoms with van der Waals surface area (Å²) in [6.45, 7) is 5.46. The maximum atomic E-state index is 13.2. The summed E-state index contributed by atoms with van der Waals surface area (Å²) in [5.41, 5.74) is 1.22. The van der Waals surface area contributed by atoms with Crippen LogP contribution in [0.5, 0.6) is 0 Å². The van der Waals surface area contributed by atoms with Crippen molar-refractivity contribution >= 4 is 21.4 Å². The lowest BCUT2D eigenvalue weighted by molar-refractivity contribution is -0.0414. The zero-order valence-electron chi connectivity index (χ0n) is 14.8. The molecule has 4 rings (SSSR count). The minimum absolute atomic E-state index is 0.0121. The van der Waals surface area contributed by atoms with Crippen LogP contribution in [0.1, 0.15) is 17.9 Å². The Hall–Kier alpha value is -1.26. The van der Waals surface area contributed by atoms with Crippen molar-refractivity contribution in [3.05, 3.63) is 23.6 Å². The molecule has 0 aliphatic carbocycles. The van der Waals surface area contributed by atoms with E-state index < -0.39 is 10.0 Å². The van der Waals surface area contributed by atoms with E-state index in [4.69, 9.17) is 9.26 Å². The molecule has 2 aromatic rings. The van der Waals surface area contributed by atoms with Gasteiger partial charge in [-0.2, -0.15) is 4.31 Å². The van der Waals surface area contributed by atoms with Crippen molar-refractivity contribution in [1.82, 2.24) is 9.46 Å². The molecule has 2 fully saturated rings. The maximum absolute atomic E-state index is 13.2. The summed E-state index contributed by atoms with van der Waals surface area (Å²) in [6, 6.07) is 3.45. The lowest BCUT2D eigenvalue weighted by Gasteiger charge is -2.36. The number of rotatable bonds is 4. The van der Waals surface area contributed by atoms with Crippen LogP contribution < -0.4 is 0 Å².